The van der Waals surface area contributed by atoms with Gasteiger partial charge in [-0.25, -0.2) is 5.01 Å². The van der Waals surface area contributed by atoms with E-state index in [0.29, 0.717) is 0 Å². The van der Waals surface area contributed by atoms with Crippen molar-refractivity contribution in [3.05, 3.63) is 12.7 Å². The van der Waals surface area contributed by atoms with Crippen LogP contribution in [0.4, 0.5) is 0 Å². The Balaban J connectivity index is 3.41. The van der Waals surface area contributed by atoms with Crippen LogP contribution in [0.2, 0.25) is 0 Å². The number of rotatable bonds is 7. The molecular weight excluding hydrogens is 136 g/mol. The Labute approximate surface area is 70.2 Å². The lowest BCUT2D eigenvalue weighted by molar-refractivity contribution is 0.198. The average molecular weight is 156 g/mol. The predicted molar refractivity (Wildman–Crippen MR) is 50.4 cm³/mol. The summed E-state index contributed by atoms with van der Waals surface area (Å²) in [7, 11) is 0. The molecule has 0 aliphatic rings. The van der Waals surface area contributed by atoms with Crippen LogP contribution in [0.1, 0.15) is 26.7 Å². The summed E-state index contributed by atoms with van der Waals surface area (Å²) in [5, 5.41) is 2.25. The zero-order chi connectivity index (χ0) is 8.53. The van der Waals surface area contributed by atoms with Crippen LogP contribution >= 0.6 is 0 Å². The SMILES string of the molecule is C=CCNN(CCC)CCC. The standard InChI is InChI=1S/C9H20N2/c1-4-7-10-11(8-5-2)9-6-3/h4,10H,1,5-9H2,2-3H3. The third-order valence-corrected chi connectivity index (χ3v) is 1.45. The van der Waals surface area contributed by atoms with Gasteiger partial charge < -0.3 is 0 Å². The van der Waals surface area contributed by atoms with Crippen molar-refractivity contribution in [1.82, 2.24) is 10.4 Å². The smallest absolute Gasteiger partial charge is 0.0280 e. The summed E-state index contributed by atoms with van der Waals surface area (Å²) in [4.78, 5) is 0. The molecule has 2 heteroatoms. The molecule has 0 bridgehead atoms. The van der Waals surface area contributed by atoms with E-state index in [1.807, 2.05) is 6.08 Å². The van der Waals surface area contributed by atoms with E-state index in [1.54, 1.807) is 0 Å². The van der Waals surface area contributed by atoms with E-state index in [9.17, 15) is 0 Å². The zero-order valence-corrected chi connectivity index (χ0v) is 7.77. The monoisotopic (exact) mass is 156 g/mol. The highest BCUT2D eigenvalue weighted by Crippen LogP contribution is 1.88. The van der Waals surface area contributed by atoms with Gasteiger partial charge in [0.1, 0.15) is 0 Å². The second-order valence-corrected chi connectivity index (χ2v) is 2.64. The molecule has 0 spiro atoms. The maximum atomic E-state index is 3.66. The first-order valence-electron chi connectivity index (χ1n) is 4.44. The van der Waals surface area contributed by atoms with Crippen LogP contribution < -0.4 is 5.43 Å². The highest BCUT2D eigenvalue weighted by molar-refractivity contribution is 4.68. The number of hydrogen-bond donors (Lipinski definition) is 1. The van der Waals surface area contributed by atoms with Gasteiger partial charge in [-0.1, -0.05) is 19.9 Å². The van der Waals surface area contributed by atoms with Gasteiger partial charge in [0.2, 0.25) is 0 Å². The molecule has 0 radical (unpaired) electrons. The topological polar surface area (TPSA) is 15.3 Å². The Kier molecular flexibility index (Phi) is 7.52. The first-order chi connectivity index (χ1) is 5.35. The molecule has 0 heterocycles. The van der Waals surface area contributed by atoms with E-state index in [0.717, 1.165) is 19.6 Å². The van der Waals surface area contributed by atoms with Crippen molar-refractivity contribution in [3.63, 3.8) is 0 Å². The maximum absolute atomic E-state index is 3.66. The lowest BCUT2D eigenvalue weighted by atomic mass is 10.4. The second-order valence-electron chi connectivity index (χ2n) is 2.64. The molecule has 0 rings (SSSR count). The van der Waals surface area contributed by atoms with Gasteiger partial charge in [0.25, 0.3) is 0 Å². The number of hydrazine groups is 1. The van der Waals surface area contributed by atoms with E-state index in [1.165, 1.54) is 12.8 Å². The highest BCUT2D eigenvalue weighted by Gasteiger charge is 1.97. The Bertz CT molecular complexity index is 85.6. The molecule has 11 heavy (non-hydrogen) atoms. The van der Waals surface area contributed by atoms with E-state index in [4.69, 9.17) is 0 Å². The molecule has 0 atom stereocenters. The number of nitrogens with one attached hydrogen (secondary N) is 1. The molecule has 0 aliphatic carbocycles. The largest absolute Gasteiger partial charge is 0.251 e. The minimum Gasteiger partial charge on any atom is -0.251 e. The van der Waals surface area contributed by atoms with Crippen LogP contribution in [-0.2, 0) is 0 Å². The van der Waals surface area contributed by atoms with Crippen molar-refractivity contribution in [1.29, 1.82) is 0 Å². The Morgan fingerprint density at radius 2 is 1.82 bits per heavy atom. The molecule has 0 aliphatic heterocycles. The van der Waals surface area contributed by atoms with Gasteiger partial charge in [0.15, 0.2) is 0 Å². The Morgan fingerprint density at radius 3 is 2.18 bits per heavy atom. The molecule has 0 fully saturated rings. The predicted octanol–water partition coefficient (Wildman–Crippen LogP) is 1.80. The van der Waals surface area contributed by atoms with Crippen molar-refractivity contribution < 1.29 is 0 Å². The molecular formula is C9H20N2. The van der Waals surface area contributed by atoms with Crippen molar-refractivity contribution in [2.24, 2.45) is 0 Å². The summed E-state index contributed by atoms with van der Waals surface area (Å²) in [5.74, 6) is 0. The maximum Gasteiger partial charge on any atom is 0.0280 e. The summed E-state index contributed by atoms with van der Waals surface area (Å²) in [5.41, 5.74) is 3.29. The van der Waals surface area contributed by atoms with Gasteiger partial charge in [-0.15, -0.1) is 6.58 Å². The molecule has 0 saturated heterocycles. The Morgan fingerprint density at radius 1 is 1.27 bits per heavy atom. The first-order valence-corrected chi connectivity index (χ1v) is 4.44. The summed E-state index contributed by atoms with van der Waals surface area (Å²) >= 11 is 0. The minimum absolute atomic E-state index is 0.875. The quantitative estimate of drug-likeness (QED) is 0.446. The zero-order valence-electron chi connectivity index (χ0n) is 7.77. The Hall–Kier alpha value is -0.340. The van der Waals surface area contributed by atoms with Crippen LogP contribution in [0.3, 0.4) is 0 Å². The van der Waals surface area contributed by atoms with Crippen LogP contribution in [0.15, 0.2) is 12.7 Å². The van der Waals surface area contributed by atoms with Gasteiger partial charge in [-0.05, 0) is 12.8 Å². The number of hydrogen-bond acceptors (Lipinski definition) is 2. The summed E-state index contributed by atoms with van der Waals surface area (Å²) in [6, 6.07) is 0. The summed E-state index contributed by atoms with van der Waals surface area (Å²) < 4.78 is 0. The number of nitrogens with zero attached hydrogens (tertiary/aromatic N) is 1. The van der Waals surface area contributed by atoms with Gasteiger partial charge in [0.05, 0.1) is 0 Å². The van der Waals surface area contributed by atoms with Crippen LogP contribution in [0.5, 0.6) is 0 Å². The van der Waals surface area contributed by atoms with E-state index >= 15 is 0 Å². The lowest BCUT2D eigenvalue weighted by Crippen LogP contribution is -2.39. The fourth-order valence-electron chi connectivity index (χ4n) is 1.00. The molecule has 1 N–H and O–H groups in total. The highest BCUT2D eigenvalue weighted by atomic mass is 15.5. The minimum atomic E-state index is 0.875. The molecule has 0 saturated carbocycles. The van der Waals surface area contributed by atoms with Gasteiger partial charge >= 0.3 is 0 Å². The molecule has 0 amide bonds. The van der Waals surface area contributed by atoms with Crippen LogP contribution in [0.25, 0.3) is 0 Å². The van der Waals surface area contributed by atoms with Crippen molar-refractivity contribution in [3.8, 4) is 0 Å². The van der Waals surface area contributed by atoms with E-state index in [2.05, 4.69) is 30.9 Å². The molecule has 2 nitrogen and oxygen atoms in total. The molecule has 0 unspecified atom stereocenters. The molecule has 66 valence electrons. The molecule has 0 aromatic carbocycles. The fourth-order valence-corrected chi connectivity index (χ4v) is 1.00. The molecule has 0 aromatic heterocycles. The van der Waals surface area contributed by atoms with E-state index in [-0.39, 0.29) is 0 Å². The van der Waals surface area contributed by atoms with Crippen LogP contribution in [-0.4, -0.2) is 24.6 Å². The summed E-state index contributed by atoms with van der Waals surface area (Å²) in [6.45, 7) is 11.2. The van der Waals surface area contributed by atoms with Gasteiger partial charge in [-0.3, -0.25) is 5.43 Å². The fraction of sp³-hybridized carbons (Fsp3) is 0.778. The first kappa shape index (κ1) is 10.7. The third kappa shape index (κ3) is 6.07. The lowest BCUT2D eigenvalue weighted by Gasteiger charge is -2.20. The molecule has 0 aromatic rings. The van der Waals surface area contributed by atoms with E-state index < -0.39 is 0 Å². The normalized spacial score (nSPS) is 10.5. The van der Waals surface area contributed by atoms with Crippen LogP contribution in [0, 0.1) is 0 Å². The van der Waals surface area contributed by atoms with Crippen molar-refractivity contribution in [2.45, 2.75) is 26.7 Å². The van der Waals surface area contributed by atoms with Gasteiger partial charge in [-0.2, -0.15) is 0 Å². The van der Waals surface area contributed by atoms with Crippen molar-refractivity contribution >= 4 is 0 Å². The third-order valence-electron chi connectivity index (χ3n) is 1.45. The summed E-state index contributed by atoms with van der Waals surface area (Å²) in [6.07, 6.45) is 4.28. The average Bonchev–Trinajstić information content (AvgIpc) is 2.01. The second kappa shape index (κ2) is 7.76. The van der Waals surface area contributed by atoms with Crippen molar-refractivity contribution in [2.75, 3.05) is 19.6 Å². The van der Waals surface area contributed by atoms with Gasteiger partial charge in [0, 0.05) is 19.6 Å².